The Morgan fingerprint density at radius 2 is 1.73 bits per heavy atom. The molecule has 2 aromatic rings. The lowest BCUT2D eigenvalue weighted by atomic mass is 9.90. The molecule has 7 nitrogen and oxygen atoms in total. The fraction of sp³-hybridized carbons (Fsp3) is 0.455. The fourth-order valence-corrected chi connectivity index (χ4v) is 3.84. The van der Waals surface area contributed by atoms with Gasteiger partial charge in [0.2, 0.25) is 0 Å². The van der Waals surface area contributed by atoms with E-state index in [1.54, 1.807) is 12.1 Å². The molecule has 1 aliphatic heterocycles. The molecule has 164 valence electrons. The minimum absolute atomic E-state index is 0.395. The quantitative estimate of drug-likeness (QED) is 0.522. The third-order valence-electron chi connectivity index (χ3n) is 5.21. The maximum absolute atomic E-state index is 10.5. The van der Waals surface area contributed by atoms with Crippen molar-refractivity contribution in [3.05, 3.63) is 58.1 Å². The number of aliphatic hydroxyl groups is 4. The number of halogens is 1. The predicted octanol–water partition coefficient (Wildman–Crippen LogP) is 1.85. The van der Waals surface area contributed by atoms with Crippen molar-refractivity contribution in [3.63, 3.8) is 0 Å². The molecule has 0 bridgehead atoms. The van der Waals surface area contributed by atoms with Gasteiger partial charge in [0.25, 0.3) is 0 Å². The van der Waals surface area contributed by atoms with Crippen LogP contribution in [0.15, 0.2) is 36.4 Å². The molecule has 0 saturated carbocycles. The van der Waals surface area contributed by atoms with Crippen molar-refractivity contribution < 1.29 is 34.6 Å². The van der Waals surface area contributed by atoms with Gasteiger partial charge in [0.1, 0.15) is 42.0 Å². The minimum Gasteiger partial charge on any atom is -0.495 e. The SMILES string of the molecule is CCOc1ccc(Cc2cc([C@@H]3O[C@H](CO)[C@@H](O)[C@H](O)[C@H]3O)cc(OC)c2Cl)cc1. The van der Waals surface area contributed by atoms with Gasteiger partial charge in [-0.3, -0.25) is 0 Å². The van der Waals surface area contributed by atoms with E-state index in [2.05, 4.69) is 0 Å². The molecule has 0 amide bonds. The standard InChI is InChI=1S/C22H27ClO7/c1-3-29-15-6-4-12(5-7-15)8-13-9-14(10-16(28-2)18(13)23)22-21(27)20(26)19(25)17(11-24)30-22/h4-7,9-10,17,19-22,24-27H,3,8,11H2,1-2H3/t17-,19-,20+,21-,22+/m1/s1. The molecule has 30 heavy (non-hydrogen) atoms. The number of methoxy groups -OCH3 is 1. The van der Waals surface area contributed by atoms with Crippen LogP contribution < -0.4 is 9.47 Å². The predicted molar refractivity (Wildman–Crippen MR) is 111 cm³/mol. The van der Waals surface area contributed by atoms with E-state index in [4.69, 9.17) is 25.8 Å². The van der Waals surface area contributed by atoms with E-state index in [1.165, 1.54) is 7.11 Å². The molecule has 5 atom stereocenters. The van der Waals surface area contributed by atoms with Crippen molar-refractivity contribution in [2.45, 2.75) is 43.9 Å². The summed E-state index contributed by atoms with van der Waals surface area (Å²) in [5, 5.41) is 40.5. The summed E-state index contributed by atoms with van der Waals surface area (Å²) >= 11 is 6.51. The lowest BCUT2D eigenvalue weighted by Crippen LogP contribution is -2.55. The first-order chi connectivity index (χ1) is 14.4. The summed E-state index contributed by atoms with van der Waals surface area (Å²) in [6.07, 6.45) is -5.73. The van der Waals surface area contributed by atoms with Crippen LogP contribution in [0.2, 0.25) is 5.02 Å². The normalized spacial score (nSPS) is 26.4. The van der Waals surface area contributed by atoms with Gasteiger partial charge in [-0.15, -0.1) is 0 Å². The highest BCUT2D eigenvalue weighted by Gasteiger charge is 2.44. The summed E-state index contributed by atoms with van der Waals surface area (Å²) in [4.78, 5) is 0. The third-order valence-corrected chi connectivity index (χ3v) is 5.64. The van der Waals surface area contributed by atoms with Gasteiger partial charge in [0.05, 0.1) is 25.3 Å². The summed E-state index contributed by atoms with van der Waals surface area (Å²) in [7, 11) is 1.49. The second-order valence-electron chi connectivity index (χ2n) is 7.20. The van der Waals surface area contributed by atoms with Crippen molar-refractivity contribution in [1.82, 2.24) is 0 Å². The maximum atomic E-state index is 10.5. The Kier molecular flexibility index (Phi) is 7.57. The molecule has 8 heteroatoms. The van der Waals surface area contributed by atoms with Gasteiger partial charge < -0.3 is 34.6 Å². The lowest BCUT2D eigenvalue weighted by molar-refractivity contribution is -0.231. The minimum atomic E-state index is -1.46. The maximum Gasteiger partial charge on any atom is 0.138 e. The van der Waals surface area contributed by atoms with E-state index < -0.39 is 37.1 Å². The van der Waals surface area contributed by atoms with Crippen molar-refractivity contribution >= 4 is 11.6 Å². The highest BCUT2D eigenvalue weighted by molar-refractivity contribution is 6.32. The summed E-state index contributed by atoms with van der Waals surface area (Å²) in [6.45, 7) is 2.01. The Labute approximate surface area is 180 Å². The Morgan fingerprint density at radius 1 is 1.03 bits per heavy atom. The van der Waals surface area contributed by atoms with E-state index in [9.17, 15) is 20.4 Å². The summed E-state index contributed by atoms with van der Waals surface area (Å²) < 4.78 is 16.5. The van der Waals surface area contributed by atoms with Crippen LogP contribution >= 0.6 is 11.6 Å². The topological polar surface area (TPSA) is 109 Å². The highest BCUT2D eigenvalue weighted by Crippen LogP contribution is 2.38. The number of rotatable bonds is 7. The molecule has 0 aliphatic carbocycles. The van der Waals surface area contributed by atoms with Gasteiger partial charge >= 0.3 is 0 Å². The highest BCUT2D eigenvalue weighted by atomic mass is 35.5. The average molecular weight is 439 g/mol. The van der Waals surface area contributed by atoms with Crippen LogP contribution in [-0.4, -0.2) is 65.2 Å². The molecule has 1 saturated heterocycles. The molecule has 2 aromatic carbocycles. The first kappa shape index (κ1) is 22.8. The molecule has 1 heterocycles. The zero-order chi connectivity index (χ0) is 21.8. The molecular weight excluding hydrogens is 412 g/mol. The largest absolute Gasteiger partial charge is 0.495 e. The second kappa shape index (κ2) is 9.96. The van der Waals surface area contributed by atoms with Crippen LogP contribution in [0.3, 0.4) is 0 Å². The Bertz CT molecular complexity index is 840. The van der Waals surface area contributed by atoms with Crippen LogP contribution in [-0.2, 0) is 11.2 Å². The Hall–Kier alpha value is -1.87. The third kappa shape index (κ3) is 4.72. The van der Waals surface area contributed by atoms with Crippen LogP contribution in [0.5, 0.6) is 11.5 Å². The lowest BCUT2D eigenvalue weighted by Gasteiger charge is -2.40. The summed E-state index contributed by atoms with van der Waals surface area (Å²) in [6, 6.07) is 11.0. The van der Waals surface area contributed by atoms with Gasteiger partial charge in [-0.2, -0.15) is 0 Å². The van der Waals surface area contributed by atoms with Crippen molar-refractivity contribution in [2.24, 2.45) is 0 Å². The molecule has 0 aromatic heterocycles. The molecule has 0 spiro atoms. The first-order valence-electron chi connectivity index (χ1n) is 9.78. The molecular formula is C22H27ClO7. The second-order valence-corrected chi connectivity index (χ2v) is 7.58. The monoisotopic (exact) mass is 438 g/mol. The fourth-order valence-electron chi connectivity index (χ4n) is 3.59. The zero-order valence-corrected chi connectivity index (χ0v) is 17.6. The smallest absolute Gasteiger partial charge is 0.138 e. The van der Waals surface area contributed by atoms with Crippen LogP contribution in [0.1, 0.15) is 29.7 Å². The van der Waals surface area contributed by atoms with Crippen LogP contribution in [0.4, 0.5) is 0 Å². The Morgan fingerprint density at radius 3 is 2.33 bits per heavy atom. The van der Waals surface area contributed by atoms with Crippen molar-refractivity contribution in [3.8, 4) is 11.5 Å². The molecule has 0 unspecified atom stereocenters. The van der Waals surface area contributed by atoms with E-state index in [1.807, 2.05) is 31.2 Å². The van der Waals surface area contributed by atoms with Gasteiger partial charge in [0, 0.05) is 0 Å². The number of aliphatic hydroxyl groups excluding tert-OH is 4. The van der Waals surface area contributed by atoms with Crippen LogP contribution in [0, 0.1) is 0 Å². The summed E-state index contributed by atoms with van der Waals surface area (Å²) in [5.74, 6) is 1.17. The van der Waals surface area contributed by atoms with E-state index in [-0.39, 0.29) is 0 Å². The number of ether oxygens (including phenoxy) is 3. The van der Waals surface area contributed by atoms with Gasteiger partial charge in [0.15, 0.2) is 0 Å². The van der Waals surface area contributed by atoms with E-state index >= 15 is 0 Å². The molecule has 3 rings (SSSR count). The van der Waals surface area contributed by atoms with E-state index in [0.717, 1.165) is 16.9 Å². The van der Waals surface area contributed by atoms with Crippen LogP contribution in [0.25, 0.3) is 0 Å². The number of hydrogen-bond donors (Lipinski definition) is 4. The first-order valence-corrected chi connectivity index (χ1v) is 10.2. The zero-order valence-electron chi connectivity index (χ0n) is 16.9. The van der Waals surface area contributed by atoms with Gasteiger partial charge in [-0.1, -0.05) is 29.8 Å². The molecule has 1 fully saturated rings. The van der Waals surface area contributed by atoms with Crippen molar-refractivity contribution in [2.75, 3.05) is 20.3 Å². The van der Waals surface area contributed by atoms with Gasteiger partial charge in [-0.05, 0) is 48.2 Å². The van der Waals surface area contributed by atoms with E-state index in [0.29, 0.717) is 29.4 Å². The molecule has 1 aliphatic rings. The number of hydrogen-bond acceptors (Lipinski definition) is 7. The molecule has 4 N–H and O–H groups in total. The summed E-state index contributed by atoms with van der Waals surface area (Å²) in [5.41, 5.74) is 2.26. The Balaban J connectivity index is 1.93. The average Bonchev–Trinajstić information content (AvgIpc) is 2.75. The van der Waals surface area contributed by atoms with Gasteiger partial charge in [-0.25, -0.2) is 0 Å². The molecule has 0 radical (unpaired) electrons. The van der Waals surface area contributed by atoms with Crippen molar-refractivity contribution in [1.29, 1.82) is 0 Å². The number of benzene rings is 2.